The maximum atomic E-state index is 12.6. The predicted molar refractivity (Wildman–Crippen MR) is 108 cm³/mol. The number of methoxy groups -OCH3 is 1. The highest BCUT2D eigenvalue weighted by Gasteiger charge is 2.17. The molecule has 0 saturated carbocycles. The summed E-state index contributed by atoms with van der Waals surface area (Å²) in [6.45, 7) is 5.67. The van der Waals surface area contributed by atoms with E-state index in [4.69, 9.17) is 9.47 Å². The first-order chi connectivity index (χ1) is 13.4. The normalized spacial score (nSPS) is 12.8. The zero-order valence-corrected chi connectivity index (χ0v) is 17.1. The molecule has 0 saturated heterocycles. The van der Waals surface area contributed by atoms with E-state index in [9.17, 15) is 9.59 Å². The highest BCUT2D eigenvalue weighted by molar-refractivity contribution is 7.16. The molecule has 0 aliphatic carbocycles. The van der Waals surface area contributed by atoms with Gasteiger partial charge in [0.2, 0.25) is 0 Å². The number of aryl methyl sites for hydroxylation is 2. The Kier molecular flexibility index (Phi) is 5.94. The van der Waals surface area contributed by atoms with E-state index in [1.54, 1.807) is 23.6 Å². The van der Waals surface area contributed by atoms with Crippen molar-refractivity contribution in [1.82, 2.24) is 4.57 Å². The van der Waals surface area contributed by atoms with Crippen LogP contribution in [0.25, 0.3) is 10.2 Å². The van der Waals surface area contributed by atoms with Crippen LogP contribution in [0.3, 0.4) is 0 Å². The minimum Gasteiger partial charge on any atom is -0.481 e. The van der Waals surface area contributed by atoms with Gasteiger partial charge in [0.1, 0.15) is 12.3 Å². The quantitative estimate of drug-likeness (QED) is 0.618. The minimum absolute atomic E-state index is 0.0148. The van der Waals surface area contributed by atoms with Crippen LogP contribution in [0.15, 0.2) is 47.5 Å². The van der Waals surface area contributed by atoms with Crippen LogP contribution in [0.5, 0.6) is 5.75 Å². The number of fused-ring (bicyclic) bond motifs is 1. The van der Waals surface area contributed by atoms with Gasteiger partial charge in [0.05, 0.1) is 17.3 Å². The molecule has 0 bridgehead atoms. The Morgan fingerprint density at radius 1 is 1.14 bits per heavy atom. The van der Waals surface area contributed by atoms with Crippen molar-refractivity contribution in [2.75, 3.05) is 7.11 Å². The highest BCUT2D eigenvalue weighted by Crippen LogP contribution is 2.22. The van der Waals surface area contributed by atoms with Crippen LogP contribution in [0.1, 0.15) is 18.1 Å². The molecule has 1 unspecified atom stereocenters. The van der Waals surface area contributed by atoms with Crippen LogP contribution >= 0.6 is 11.3 Å². The first kappa shape index (κ1) is 19.8. The van der Waals surface area contributed by atoms with Gasteiger partial charge in [-0.15, -0.1) is 0 Å². The summed E-state index contributed by atoms with van der Waals surface area (Å²) in [5, 5.41) is 0. The predicted octanol–water partition coefficient (Wildman–Crippen LogP) is 3.39. The largest absolute Gasteiger partial charge is 0.481 e. The Morgan fingerprint density at radius 3 is 2.50 bits per heavy atom. The molecule has 0 N–H and O–H groups in total. The van der Waals surface area contributed by atoms with Gasteiger partial charge in [-0.05, 0) is 56.2 Å². The summed E-state index contributed by atoms with van der Waals surface area (Å²) < 4.78 is 13.1. The number of nitrogens with zero attached hydrogens (tertiary/aromatic N) is 2. The van der Waals surface area contributed by atoms with Crippen LogP contribution in [-0.4, -0.2) is 29.7 Å². The SMILES string of the molecule is COC(=O)Cn1c(=NC(=O)C(C)Oc2ccccc2)sc2cc(C)c(C)cc21. The van der Waals surface area contributed by atoms with Crippen molar-refractivity contribution in [1.29, 1.82) is 0 Å². The van der Waals surface area contributed by atoms with E-state index in [2.05, 4.69) is 4.99 Å². The standard InChI is InChI=1S/C21H22N2O4S/c1-13-10-17-18(11-14(13)2)28-21(23(17)12-19(24)26-4)22-20(25)15(3)27-16-8-6-5-7-9-16/h5-11,15H,12H2,1-4H3. The fourth-order valence-corrected chi connectivity index (χ4v) is 3.81. The van der Waals surface area contributed by atoms with Crippen LogP contribution in [-0.2, 0) is 20.9 Å². The molecule has 28 heavy (non-hydrogen) atoms. The number of amides is 1. The number of hydrogen-bond donors (Lipinski definition) is 0. The molecule has 0 aliphatic rings. The Labute approximate surface area is 167 Å². The molecule has 0 spiro atoms. The fraction of sp³-hybridized carbons (Fsp3) is 0.286. The van der Waals surface area contributed by atoms with E-state index in [1.807, 2.05) is 44.2 Å². The Morgan fingerprint density at radius 2 is 1.82 bits per heavy atom. The van der Waals surface area contributed by atoms with Gasteiger partial charge in [-0.3, -0.25) is 9.59 Å². The lowest BCUT2D eigenvalue weighted by Gasteiger charge is -2.10. The molecular weight excluding hydrogens is 376 g/mol. The second-order valence-electron chi connectivity index (χ2n) is 6.47. The lowest BCUT2D eigenvalue weighted by molar-refractivity contribution is -0.141. The number of ether oxygens (including phenoxy) is 2. The van der Waals surface area contributed by atoms with Gasteiger partial charge < -0.3 is 14.0 Å². The van der Waals surface area contributed by atoms with E-state index in [1.165, 1.54) is 18.4 Å². The van der Waals surface area contributed by atoms with Crippen molar-refractivity contribution in [2.45, 2.75) is 33.4 Å². The van der Waals surface area contributed by atoms with Gasteiger partial charge in [-0.2, -0.15) is 4.99 Å². The summed E-state index contributed by atoms with van der Waals surface area (Å²) in [7, 11) is 1.34. The van der Waals surface area contributed by atoms with Crippen molar-refractivity contribution in [3.05, 3.63) is 58.4 Å². The monoisotopic (exact) mass is 398 g/mol. The van der Waals surface area contributed by atoms with Crippen molar-refractivity contribution in [2.24, 2.45) is 4.99 Å². The van der Waals surface area contributed by atoms with Crippen molar-refractivity contribution in [3.8, 4) is 5.75 Å². The van der Waals surface area contributed by atoms with E-state index >= 15 is 0 Å². The number of rotatable bonds is 5. The molecule has 7 heteroatoms. The van der Waals surface area contributed by atoms with Crippen LogP contribution in [0.2, 0.25) is 0 Å². The summed E-state index contributed by atoms with van der Waals surface area (Å²) in [5.41, 5.74) is 3.09. The van der Waals surface area contributed by atoms with Gasteiger partial charge in [-0.1, -0.05) is 29.5 Å². The van der Waals surface area contributed by atoms with E-state index < -0.39 is 18.0 Å². The number of benzene rings is 2. The van der Waals surface area contributed by atoms with Crippen LogP contribution in [0.4, 0.5) is 0 Å². The number of thiazole rings is 1. The third-order valence-electron chi connectivity index (χ3n) is 4.42. The van der Waals surface area contributed by atoms with Crippen molar-refractivity contribution in [3.63, 3.8) is 0 Å². The maximum absolute atomic E-state index is 12.6. The molecule has 146 valence electrons. The topological polar surface area (TPSA) is 69.9 Å². The second kappa shape index (κ2) is 8.39. The first-order valence-electron chi connectivity index (χ1n) is 8.86. The maximum Gasteiger partial charge on any atom is 0.325 e. The molecule has 1 heterocycles. The smallest absolute Gasteiger partial charge is 0.325 e. The Balaban J connectivity index is 2.01. The molecule has 0 fully saturated rings. The molecular formula is C21H22N2O4S. The van der Waals surface area contributed by atoms with Gasteiger partial charge in [-0.25, -0.2) is 0 Å². The molecule has 2 aromatic carbocycles. The number of esters is 1. The minimum atomic E-state index is -0.748. The van der Waals surface area contributed by atoms with Gasteiger partial charge >= 0.3 is 5.97 Å². The third-order valence-corrected chi connectivity index (χ3v) is 5.46. The van der Waals surface area contributed by atoms with Gasteiger partial charge in [0, 0.05) is 0 Å². The average Bonchev–Trinajstić information content (AvgIpc) is 2.98. The van der Waals surface area contributed by atoms with Gasteiger partial charge in [0.25, 0.3) is 5.91 Å². The Bertz CT molecular complexity index is 1080. The van der Waals surface area contributed by atoms with E-state index in [0.29, 0.717) is 10.6 Å². The van der Waals surface area contributed by atoms with Gasteiger partial charge in [0.15, 0.2) is 10.9 Å². The molecule has 3 aromatic rings. The molecule has 0 aliphatic heterocycles. The first-order valence-corrected chi connectivity index (χ1v) is 9.68. The fourth-order valence-electron chi connectivity index (χ4n) is 2.69. The summed E-state index contributed by atoms with van der Waals surface area (Å²) >= 11 is 1.36. The molecule has 3 rings (SSSR count). The molecule has 1 atom stereocenters. The van der Waals surface area contributed by atoms with Crippen LogP contribution < -0.4 is 9.54 Å². The number of para-hydroxylation sites is 1. The summed E-state index contributed by atoms with van der Waals surface area (Å²) in [4.78, 5) is 29.2. The molecule has 1 aromatic heterocycles. The third kappa shape index (κ3) is 4.31. The van der Waals surface area contributed by atoms with Crippen molar-refractivity contribution < 1.29 is 19.1 Å². The zero-order chi connectivity index (χ0) is 20.3. The number of carbonyl (C=O) groups is 2. The van der Waals surface area contributed by atoms with E-state index in [-0.39, 0.29) is 6.54 Å². The summed E-state index contributed by atoms with van der Waals surface area (Å²) in [6.07, 6.45) is -0.748. The zero-order valence-electron chi connectivity index (χ0n) is 16.3. The van der Waals surface area contributed by atoms with Crippen LogP contribution in [0, 0.1) is 13.8 Å². The van der Waals surface area contributed by atoms with Crippen molar-refractivity contribution >= 4 is 33.4 Å². The Hall–Kier alpha value is -2.93. The molecule has 6 nitrogen and oxygen atoms in total. The molecule has 1 amide bonds. The molecule has 0 radical (unpaired) electrons. The lowest BCUT2D eigenvalue weighted by Crippen LogP contribution is -2.27. The lowest BCUT2D eigenvalue weighted by atomic mass is 10.1. The summed E-state index contributed by atoms with van der Waals surface area (Å²) in [5.74, 6) is -0.216. The van der Waals surface area contributed by atoms with E-state index in [0.717, 1.165) is 21.3 Å². The second-order valence-corrected chi connectivity index (χ2v) is 7.48. The number of aromatic nitrogens is 1. The average molecular weight is 398 g/mol. The number of carbonyl (C=O) groups excluding carboxylic acids is 2. The highest BCUT2D eigenvalue weighted by atomic mass is 32.1. The summed E-state index contributed by atoms with van der Waals surface area (Å²) in [6, 6.07) is 13.2. The number of hydrogen-bond acceptors (Lipinski definition) is 5.